The fourth-order valence-corrected chi connectivity index (χ4v) is 3.61. The molecule has 5 aromatic rings. The van der Waals surface area contributed by atoms with Crippen molar-refractivity contribution in [2.75, 3.05) is 12.4 Å². The maximum atomic E-state index is 5.24. The molecule has 0 saturated heterocycles. The molecule has 1 N–H and O–H groups in total. The molecule has 0 atom stereocenters. The number of para-hydroxylation sites is 2. The van der Waals surface area contributed by atoms with Crippen LogP contribution in [0.5, 0.6) is 5.75 Å². The molecule has 0 fully saturated rings. The highest BCUT2D eigenvalue weighted by molar-refractivity contribution is 5.81. The molecule has 0 unspecified atom stereocenters. The van der Waals surface area contributed by atoms with Gasteiger partial charge in [0.2, 0.25) is 0 Å². The van der Waals surface area contributed by atoms with E-state index in [1.54, 1.807) is 7.11 Å². The van der Waals surface area contributed by atoms with E-state index in [4.69, 9.17) is 9.72 Å². The Bertz CT molecular complexity index is 1300. The highest BCUT2D eigenvalue weighted by Crippen LogP contribution is 2.23. The van der Waals surface area contributed by atoms with Gasteiger partial charge in [-0.2, -0.15) is 0 Å². The quantitative estimate of drug-likeness (QED) is 0.484. The van der Waals surface area contributed by atoms with Crippen molar-refractivity contribution in [2.24, 2.45) is 7.05 Å². The Hall–Kier alpha value is -3.80. The minimum Gasteiger partial charge on any atom is -0.497 e. The Morgan fingerprint density at radius 2 is 1.76 bits per heavy atom. The molecule has 6 nitrogen and oxygen atoms in total. The van der Waals surface area contributed by atoms with Gasteiger partial charge in [-0.1, -0.05) is 12.1 Å². The smallest absolute Gasteiger partial charge is 0.128 e. The summed E-state index contributed by atoms with van der Waals surface area (Å²) in [5.41, 5.74) is 6.22. The minimum atomic E-state index is 0.649. The number of aromatic nitrogens is 4. The second-order valence-electron chi connectivity index (χ2n) is 6.95. The van der Waals surface area contributed by atoms with E-state index in [2.05, 4.69) is 43.7 Å². The third kappa shape index (κ3) is 3.08. The summed E-state index contributed by atoms with van der Waals surface area (Å²) in [5, 5.41) is 3.47. The summed E-state index contributed by atoms with van der Waals surface area (Å²) in [7, 11) is 3.72. The SMILES string of the molecule is COc1ccc(-n2cnc3cc(NCc4nc5ccccc5n4C)ccc32)cc1. The van der Waals surface area contributed by atoms with Crippen LogP contribution >= 0.6 is 0 Å². The van der Waals surface area contributed by atoms with Gasteiger partial charge in [0.15, 0.2) is 0 Å². The molecule has 6 heteroatoms. The molecule has 0 aliphatic rings. The number of ether oxygens (including phenoxy) is 1. The van der Waals surface area contributed by atoms with Crippen LogP contribution in [-0.2, 0) is 13.6 Å². The Morgan fingerprint density at radius 1 is 0.931 bits per heavy atom. The van der Waals surface area contributed by atoms with Crippen LogP contribution in [-0.4, -0.2) is 26.2 Å². The molecule has 0 bridgehead atoms. The Labute approximate surface area is 168 Å². The molecular weight excluding hydrogens is 362 g/mol. The molecule has 0 amide bonds. The second-order valence-corrected chi connectivity index (χ2v) is 6.95. The first-order valence-corrected chi connectivity index (χ1v) is 9.49. The molecule has 2 heterocycles. The van der Waals surface area contributed by atoms with E-state index in [-0.39, 0.29) is 0 Å². The number of nitrogens with zero attached hydrogens (tertiary/aromatic N) is 4. The first-order valence-electron chi connectivity index (χ1n) is 9.49. The standard InChI is InChI=1S/C23H21N5O/c1-27-21-6-4-3-5-19(21)26-23(27)14-24-16-7-12-22-20(13-16)25-15-28(22)17-8-10-18(29-2)11-9-17/h3-13,15,24H,14H2,1-2H3. The molecule has 0 aliphatic carbocycles. The summed E-state index contributed by atoms with van der Waals surface area (Å²) >= 11 is 0. The topological polar surface area (TPSA) is 56.9 Å². The monoisotopic (exact) mass is 383 g/mol. The number of rotatable bonds is 5. The summed E-state index contributed by atoms with van der Waals surface area (Å²) in [6, 6.07) is 22.4. The third-order valence-electron chi connectivity index (χ3n) is 5.23. The number of hydrogen-bond donors (Lipinski definition) is 1. The van der Waals surface area contributed by atoms with Gasteiger partial charge in [0.1, 0.15) is 17.9 Å². The first-order chi connectivity index (χ1) is 14.2. The van der Waals surface area contributed by atoms with Crippen molar-refractivity contribution in [1.29, 1.82) is 0 Å². The Kier molecular flexibility index (Phi) is 4.17. The van der Waals surface area contributed by atoms with Crippen LogP contribution < -0.4 is 10.1 Å². The molecule has 2 aromatic heterocycles. The van der Waals surface area contributed by atoms with Gasteiger partial charge in [-0.25, -0.2) is 9.97 Å². The van der Waals surface area contributed by atoms with E-state index in [0.29, 0.717) is 6.54 Å². The fourth-order valence-electron chi connectivity index (χ4n) is 3.61. The zero-order valence-corrected chi connectivity index (χ0v) is 16.3. The molecule has 144 valence electrons. The van der Waals surface area contributed by atoms with E-state index in [1.165, 1.54) is 0 Å². The van der Waals surface area contributed by atoms with Gasteiger partial charge in [0.05, 0.1) is 35.7 Å². The van der Waals surface area contributed by atoms with Crippen molar-refractivity contribution in [2.45, 2.75) is 6.54 Å². The van der Waals surface area contributed by atoms with E-state index in [9.17, 15) is 0 Å². The van der Waals surface area contributed by atoms with Gasteiger partial charge >= 0.3 is 0 Å². The highest BCUT2D eigenvalue weighted by Gasteiger charge is 2.09. The number of aryl methyl sites for hydroxylation is 1. The summed E-state index contributed by atoms with van der Waals surface area (Å²) < 4.78 is 9.44. The first kappa shape index (κ1) is 17.3. The van der Waals surface area contributed by atoms with Gasteiger partial charge < -0.3 is 14.6 Å². The van der Waals surface area contributed by atoms with Crippen molar-refractivity contribution in [3.05, 3.63) is 78.9 Å². The van der Waals surface area contributed by atoms with Crippen molar-refractivity contribution in [3.63, 3.8) is 0 Å². The molecule has 29 heavy (non-hydrogen) atoms. The molecule has 0 radical (unpaired) electrons. The average Bonchev–Trinajstić information content (AvgIpc) is 3.33. The zero-order chi connectivity index (χ0) is 19.8. The molecular formula is C23H21N5O. The number of hydrogen-bond acceptors (Lipinski definition) is 4. The van der Waals surface area contributed by atoms with Crippen LogP contribution in [0, 0.1) is 0 Å². The van der Waals surface area contributed by atoms with Crippen molar-refractivity contribution >= 4 is 27.8 Å². The van der Waals surface area contributed by atoms with Crippen LogP contribution in [0.15, 0.2) is 73.1 Å². The minimum absolute atomic E-state index is 0.649. The summed E-state index contributed by atoms with van der Waals surface area (Å²) in [4.78, 5) is 9.29. The van der Waals surface area contributed by atoms with Crippen LogP contribution in [0.1, 0.15) is 5.82 Å². The van der Waals surface area contributed by atoms with Crippen LogP contribution in [0.4, 0.5) is 5.69 Å². The number of imidazole rings is 2. The highest BCUT2D eigenvalue weighted by atomic mass is 16.5. The number of anilines is 1. The summed E-state index contributed by atoms with van der Waals surface area (Å²) in [6.45, 7) is 0.649. The Balaban J connectivity index is 1.39. The summed E-state index contributed by atoms with van der Waals surface area (Å²) in [5.74, 6) is 1.83. The number of nitrogens with one attached hydrogen (secondary N) is 1. The van der Waals surface area contributed by atoms with E-state index < -0.39 is 0 Å². The fraction of sp³-hybridized carbons (Fsp3) is 0.130. The van der Waals surface area contributed by atoms with Crippen molar-refractivity contribution in [3.8, 4) is 11.4 Å². The largest absolute Gasteiger partial charge is 0.497 e. The van der Waals surface area contributed by atoms with Crippen LogP contribution in [0.2, 0.25) is 0 Å². The number of benzene rings is 3. The molecule has 5 rings (SSSR count). The maximum absolute atomic E-state index is 5.24. The molecule has 0 aliphatic heterocycles. The lowest BCUT2D eigenvalue weighted by atomic mass is 10.2. The predicted octanol–water partition coefficient (Wildman–Crippen LogP) is 4.53. The second kappa shape index (κ2) is 6.98. The maximum Gasteiger partial charge on any atom is 0.128 e. The van der Waals surface area contributed by atoms with E-state index in [1.807, 2.05) is 55.8 Å². The normalized spacial score (nSPS) is 11.2. The van der Waals surface area contributed by atoms with E-state index >= 15 is 0 Å². The lowest BCUT2D eigenvalue weighted by Crippen LogP contribution is -2.05. The van der Waals surface area contributed by atoms with Crippen LogP contribution in [0.3, 0.4) is 0 Å². The predicted molar refractivity (Wildman–Crippen MR) is 116 cm³/mol. The van der Waals surface area contributed by atoms with Crippen molar-refractivity contribution in [1.82, 2.24) is 19.1 Å². The lowest BCUT2D eigenvalue weighted by molar-refractivity contribution is 0.415. The van der Waals surface area contributed by atoms with E-state index in [0.717, 1.165) is 45.0 Å². The molecule has 3 aromatic carbocycles. The van der Waals surface area contributed by atoms with Gasteiger partial charge in [-0.15, -0.1) is 0 Å². The van der Waals surface area contributed by atoms with Crippen molar-refractivity contribution < 1.29 is 4.74 Å². The van der Waals surface area contributed by atoms with Gasteiger partial charge in [-0.05, 0) is 54.6 Å². The number of methoxy groups -OCH3 is 1. The molecule has 0 saturated carbocycles. The van der Waals surface area contributed by atoms with Gasteiger partial charge in [0, 0.05) is 18.4 Å². The lowest BCUT2D eigenvalue weighted by Gasteiger charge is -2.08. The van der Waals surface area contributed by atoms with Crippen LogP contribution in [0.25, 0.3) is 27.8 Å². The van der Waals surface area contributed by atoms with Gasteiger partial charge in [0.25, 0.3) is 0 Å². The van der Waals surface area contributed by atoms with Gasteiger partial charge in [-0.3, -0.25) is 4.57 Å². The molecule has 0 spiro atoms. The number of fused-ring (bicyclic) bond motifs is 2. The average molecular weight is 383 g/mol. The Morgan fingerprint density at radius 3 is 2.55 bits per heavy atom. The summed E-state index contributed by atoms with van der Waals surface area (Å²) in [6.07, 6.45) is 1.85. The third-order valence-corrected chi connectivity index (χ3v) is 5.23. The zero-order valence-electron chi connectivity index (χ0n) is 16.3.